The first-order valence-electron chi connectivity index (χ1n) is 5.51. The molecule has 1 aromatic heterocycles. The van der Waals surface area contributed by atoms with Gasteiger partial charge in [-0.3, -0.25) is 9.78 Å². The number of rotatable bonds is 4. The summed E-state index contributed by atoms with van der Waals surface area (Å²) in [5.41, 5.74) is 7.13. The fraction of sp³-hybridized carbons (Fsp3) is 0.231. The molecular formula is C13H14N2O3. The van der Waals surface area contributed by atoms with Crippen LogP contribution in [0.1, 0.15) is 5.56 Å². The van der Waals surface area contributed by atoms with Crippen molar-refractivity contribution in [3.8, 4) is 5.75 Å². The van der Waals surface area contributed by atoms with E-state index in [2.05, 4.69) is 4.98 Å². The highest BCUT2D eigenvalue weighted by atomic mass is 16.5. The second-order valence-electron chi connectivity index (χ2n) is 4.05. The lowest BCUT2D eigenvalue weighted by Gasteiger charge is -2.07. The van der Waals surface area contributed by atoms with Crippen molar-refractivity contribution in [1.29, 1.82) is 0 Å². The van der Waals surface area contributed by atoms with Crippen LogP contribution in [0, 0.1) is 0 Å². The van der Waals surface area contributed by atoms with Crippen molar-refractivity contribution in [2.75, 3.05) is 7.11 Å². The number of aromatic nitrogens is 1. The molecule has 1 aromatic carbocycles. The number of benzene rings is 1. The molecule has 0 spiro atoms. The quantitative estimate of drug-likeness (QED) is 0.846. The number of methoxy groups -OCH3 is 1. The second-order valence-corrected chi connectivity index (χ2v) is 4.05. The summed E-state index contributed by atoms with van der Waals surface area (Å²) in [4.78, 5) is 15.0. The number of nitrogens with zero attached hydrogens (tertiary/aromatic N) is 1. The molecule has 0 fully saturated rings. The third-order valence-electron chi connectivity index (χ3n) is 2.72. The van der Waals surface area contributed by atoms with Gasteiger partial charge in [-0.2, -0.15) is 0 Å². The van der Waals surface area contributed by atoms with Crippen LogP contribution in [-0.4, -0.2) is 29.2 Å². The molecule has 2 rings (SSSR count). The number of nitrogens with two attached hydrogens (primary N) is 1. The Morgan fingerprint density at radius 1 is 1.50 bits per heavy atom. The van der Waals surface area contributed by atoms with E-state index in [-0.39, 0.29) is 6.42 Å². The zero-order valence-electron chi connectivity index (χ0n) is 9.96. The fourth-order valence-corrected chi connectivity index (χ4v) is 1.74. The van der Waals surface area contributed by atoms with Gasteiger partial charge in [-0.25, -0.2) is 0 Å². The van der Waals surface area contributed by atoms with E-state index in [0.29, 0.717) is 0 Å². The van der Waals surface area contributed by atoms with Crippen LogP contribution in [-0.2, 0) is 11.2 Å². The molecule has 18 heavy (non-hydrogen) atoms. The number of fused-ring (bicyclic) bond motifs is 1. The molecule has 1 atom stereocenters. The third-order valence-corrected chi connectivity index (χ3v) is 2.72. The first kappa shape index (κ1) is 12.3. The molecule has 0 saturated carbocycles. The van der Waals surface area contributed by atoms with Gasteiger partial charge in [-0.05, 0) is 36.2 Å². The summed E-state index contributed by atoms with van der Waals surface area (Å²) in [6.07, 6.45) is 1.91. The number of aliphatic carboxylic acids is 1. The summed E-state index contributed by atoms with van der Waals surface area (Å²) in [5, 5.41) is 9.68. The summed E-state index contributed by atoms with van der Waals surface area (Å²) >= 11 is 0. The van der Waals surface area contributed by atoms with E-state index in [1.54, 1.807) is 13.3 Å². The van der Waals surface area contributed by atoms with Crippen LogP contribution in [0.2, 0.25) is 0 Å². The summed E-state index contributed by atoms with van der Waals surface area (Å²) in [6, 6.07) is 6.52. The number of pyridine rings is 1. The Kier molecular flexibility index (Phi) is 3.43. The molecule has 0 saturated heterocycles. The maximum Gasteiger partial charge on any atom is 0.320 e. The van der Waals surface area contributed by atoms with Crippen LogP contribution in [0.4, 0.5) is 0 Å². The number of carbonyl (C=O) groups is 1. The Hall–Kier alpha value is -2.14. The zero-order valence-corrected chi connectivity index (χ0v) is 9.96. The van der Waals surface area contributed by atoms with Gasteiger partial charge in [0.25, 0.3) is 0 Å². The van der Waals surface area contributed by atoms with Crippen molar-refractivity contribution in [1.82, 2.24) is 4.98 Å². The zero-order chi connectivity index (χ0) is 13.1. The van der Waals surface area contributed by atoms with Gasteiger partial charge in [0.2, 0.25) is 0 Å². The maximum absolute atomic E-state index is 10.7. The van der Waals surface area contributed by atoms with E-state index < -0.39 is 12.0 Å². The average molecular weight is 246 g/mol. The van der Waals surface area contributed by atoms with E-state index in [4.69, 9.17) is 15.6 Å². The summed E-state index contributed by atoms with van der Waals surface area (Å²) < 4.78 is 5.13. The normalized spacial score (nSPS) is 12.3. The summed E-state index contributed by atoms with van der Waals surface area (Å²) in [6.45, 7) is 0. The van der Waals surface area contributed by atoms with Gasteiger partial charge in [-0.15, -0.1) is 0 Å². The lowest BCUT2D eigenvalue weighted by Crippen LogP contribution is -2.32. The minimum Gasteiger partial charge on any atom is -0.497 e. The maximum atomic E-state index is 10.7. The van der Waals surface area contributed by atoms with Crippen molar-refractivity contribution in [2.24, 2.45) is 5.73 Å². The Morgan fingerprint density at radius 3 is 2.94 bits per heavy atom. The highest BCUT2D eigenvalue weighted by Gasteiger charge is 2.12. The lowest BCUT2D eigenvalue weighted by molar-refractivity contribution is -0.138. The van der Waals surface area contributed by atoms with Gasteiger partial charge in [0.1, 0.15) is 11.8 Å². The molecule has 5 heteroatoms. The topological polar surface area (TPSA) is 85.4 Å². The Labute approximate surface area is 104 Å². The SMILES string of the molecule is COc1ccc2ncc(CC(N)C(=O)O)cc2c1. The molecule has 0 aliphatic rings. The van der Waals surface area contributed by atoms with E-state index in [0.717, 1.165) is 22.2 Å². The van der Waals surface area contributed by atoms with Crippen LogP contribution >= 0.6 is 0 Å². The number of hydrogen-bond donors (Lipinski definition) is 2. The average Bonchev–Trinajstić information content (AvgIpc) is 2.37. The van der Waals surface area contributed by atoms with E-state index in [1.807, 2.05) is 24.3 Å². The molecule has 0 bridgehead atoms. The molecule has 2 aromatic rings. The largest absolute Gasteiger partial charge is 0.497 e. The molecule has 1 unspecified atom stereocenters. The van der Waals surface area contributed by atoms with Gasteiger partial charge >= 0.3 is 5.97 Å². The van der Waals surface area contributed by atoms with Gasteiger partial charge in [0.15, 0.2) is 0 Å². The molecular weight excluding hydrogens is 232 g/mol. The minimum atomic E-state index is -1.01. The number of hydrogen-bond acceptors (Lipinski definition) is 4. The van der Waals surface area contributed by atoms with Gasteiger partial charge in [-0.1, -0.05) is 0 Å². The molecule has 3 N–H and O–H groups in total. The Bertz CT molecular complexity index is 583. The highest BCUT2D eigenvalue weighted by Crippen LogP contribution is 2.20. The number of ether oxygens (including phenoxy) is 1. The van der Waals surface area contributed by atoms with E-state index >= 15 is 0 Å². The molecule has 0 radical (unpaired) electrons. The van der Waals surface area contributed by atoms with Crippen molar-refractivity contribution >= 4 is 16.9 Å². The Balaban J connectivity index is 2.33. The molecule has 5 nitrogen and oxygen atoms in total. The van der Waals surface area contributed by atoms with Crippen LogP contribution < -0.4 is 10.5 Å². The van der Waals surface area contributed by atoms with Gasteiger partial charge in [0, 0.05) is 11.6 Å². The summed E-state index contributed by atoms with van der Waals surface area (Å²) in [7, 11) is 1.60. The van der Waals surface area contributed by atoms with Gasteiger partial charge in [0.05, 0.1) is 12.6 Å². The Morgan fingerprint density at radius 2 is 2.28 bits per heavy atom. The smallest absolute Gasteiger partial charge is 0.320 e. The van der Waals surface area contributed by atoms with Crippen molar-refractivity contribution in [3.05, 3.63) is 36.0 Å². The van der Waals surface area contributed by atoms with Crippen LogP contribution in [0.15, 0.2) is 30.5 Å². The standard InChI is InChI=1S/C13H14N2O3/c1-18-10-2-3-12-9(6-10)4-8(7-15-12)5-11(14)13(16)17/h2-4,6-7,11H,5,14H2,1H3,(H,16,17). The van der Waals surface area contributed by atoms with Crippen LogP contribution in [0.5, 0.6) is 5.75 Å². The van der Waals surface area contributed by atoms with E-state index in [9.17, 15) is 4.79 Å². The van der Waals surface area contributed by atoms with Crippen molar-refractivity contribution < 1.29 is 14.6 Å². The predicted molar refractivity (Wildman–Crippen MR) is 67.6 cm³/mol. The van der Waals surface area contributed by atoms with E-state index in [1.165, 1.54) is 0 Å². The summed E-state index contributed by atoms with van der Waals surface area (Å²) in [5.74, 6) is -0.273. The lowest BCUT2D eigenvalue weighted by atomic mass is 10.1. The number of carboxylic acid groups (broad SMARTS) is 1. The van der Waals surface area contributed by atoms with Crippen molar-refractivity contribution in [2.45, 2.75) is 12.5 Å². The number of carboxylic acids is 1. The molecule has 0 aliphatic carbocycles. The second kappa shape index (κ2) is 5.01. The molecule has 94 valence electrons. The molecule has 0 amide bonds. The monoisotopic (exact) mass is 246 g/mol. The molecule has 1 heterocycles. The van der Waals surface area contributed by atoms with Crippen molar-refractivity contribution in [3.63, 3.8) is 0 Å². The highest BCUT2D eigenvalue weighted by molar-refractivity contribution is 5.81. The van der Waals surface area contributed by atoms with Crippen LogP contribution in [0.25, 0.3) is 10.9 Å². The predicted octanol–water partition coefficient (Wildman–Crippen LogP) is 1.20. The van der Waals surface area contributed by atoms with Gasteiger partial charge < -0.3 is 15.6 Å². The minimum absolute atomic E-state index is 0.259. The molecule has 0 aliphatic heterocycles. The first-order valence-corrected chi connectivity index (χ1v) is 5.51. The van der Waals surface area contributed by atoms with Crippen LogP contribution in [0.3, 0.4) is 0 Å². The fourth-order valence-electron chi connectivity index (χ4n) is 1.74. The third kappa shape index (κ3) is 2.57. The first-order chi connectivity index (χ1) is 8.60.